The third-order valence-electron chi connectivity index (χ3n) is 4.96. The van der Waals surface area contributed by atoms with E-state index in [0.29, 0.717) is 31.4 Å². The standard InChI is InChI=1S/C23H37N3O3/c1-7-29-23(28)20-12-18(6)26(21-11-9-8-10-19(21)24-20)22(27)15-25(13-16(2)3)14-17(4)5/h8-11,16-18,20,24H,7,12-15H2,1-6H3. The summed E-state index contributed by atoms with van der Waals surface area (Å²) >= 11 is 0. The lowest BCUT2D eigenvalue weighted by molar-refractivity contribution is -0.144. The zero-order chi connectivity index (χ0) is 21.6. The van der Waals surface area contributed by atoms with Gasteiger partial charge < -0.3 is 15.0 Å². The van der Waals surface area contributed by atoms with E-state index >= 15 is 0 Å². The zero-order valence-corrected chi connectivity index (χ0v) is 18.8. The van der Waals surface area contributed by atoms with Crippen LogP contribution in [0.3, 0.4) is 0 Å². The number of esters is 1. The minimum absolute atomic E-state index is 0.0672. The van der Waals surface area contributed by atoms with Crippen LogP contribution in [0.2, 0.25) is 0 Å². The van der Waals surface area contributed by atoms with Gasteiger partial charge in [0, 0.05) is 19.1 Å². The second kappa shape index (κ2) is 10.6. The molecule has 1 aliphatic rings. The first kappa shape index (κ1) is 23.2. The zero-order valence-electron chi connectivity index (χ0n) is 18.8. The lowest BCUT2D eigenvalue weighted by atomic mass is 10.1. The summed E-state index contributed by atoms with van der Waals surface area (Å²) in [5.74, 6) is 0.776. The van der Waals surface area contributed by atoms with Crippen LogP contribution in [0.5, 0.6) is 0 Å². The summed E-state index contributed by atoms with van der Waals surface area (Å²) in [6, 6.07) is 7.12. The van der Waals surface area contributed by atoms with Crippen LogP contribution in [-0.4, -0.2) is 55.1 Å². The quantitative estimate of drug-likeness (QED) is 0.670. The van der Waals surface area contributed by atoms with Gasteiger partial charge >= 0.3 is 5.97 Å². The number of para-hydroxylation sites is 2. The topological polar surface area (TPSA) is 61.9 Å². The Labute approximate surface area is 175 Å². The van der Waals surface area contributed by atoms with E-state index in [2.05, 4.69) is 37.9 Å². The highest BCUT2D eigenvalue weighted by molar-refractivity contribution is 5.99. The van der Waals surface area contributed by atoms with E-state index in [4.69, 9.17) is 4.74 Å². The van der Waals surface area contributed by atoms with Crippen LogP contribution < -0.4 is 10.2 Å². The molecule has 0 saturated heterocycles. The molecule has 1 aromatic rings. The number of carbonyl (C=O) groups is 2. The van der Waals surface area contributed by atoms with Gasteiger partial charge in [-0.2, -0.15) is 0 Å². The number of nitrogens with zero attached hydrogens (tertiary/aromatic N) is 2. The number of hydrogen-bond donors (Lipinski definition) is 1. The Morgan fingerprint density at radius 3 is 2.38 bits per heavy atom. The molecule has 1 amide bonds. The van der Waals surface area contributed by atoms with Gasteiger partial charge in [0.15, 0.2) is 0 Å². The van der Waals surface area contributed by atoms with Crippen molar-refractivity contribution in [2.24, 2.45) is 11.8 Å². The number of hydrogen-bond acceptors (Lipinski definition) is 5. The summed E-state index contributed by atoms with van der Waals surface area (Å²) in [6.07, 6.45) is 0.508. The van der Waals surface area contributed by atoms with E-state index in [1.54, 1.807) is 6.92 Å². The minimum Gasteiger partial charge on any atom is -0.464 e. The van der Waals surface area contributed by atoms with Gasteiger partial charge in [0.05, 0.1) is 24.5 Å². The molecule has 0 aromatic heterocycles. The molecule has 2 rings (SSSR count). The van der Waals surface area contributed by atoms with E-state index in [0.717, 1.165) is 24.5 Å². The minimum atomic E-state index is -0.466. The Bertz CT molecular complexity index is 680. The maximum atomic E-state index is 13.4. The first-order chi connectivity index (χ1) is 13.7. The molecule has 0 aliphatic carbocycles. The maximum Gasteiger partial charge on any atom is 0.328 e. The molecule has 2 atom stereocenters. The van der Waals surface area contributed by atoms with Crippen molar-refractivity contribution in [3.8, 4) is 0 Å². The van der Waals surface area contributed by atoms with Crippen LogP contribution in [0, 0.1) is 11.8 Å². The molecule has 0 saturated carbocycles. The van der Waals surface area contributed by atoms with Crippen LogP contribution in [0.1, 0.15) is 48.0 Å². The highest BCUT2D eigenvalue weighted by atomic mass is 16.5. The summed E-state index contributed by atoms with van der Waals surface area (Å²) in [5, 5.41) is 3.30. The third kappa shape index (κ3) is 6.46. The van der Waals surface area contributed by atoms with Gasteiger partial charge in [0.2, 0.25) is 5.91 Å². The second-order valence-electron chi connectivity index (χ2n) is 8.80. The molecule has 1 aromatic carbocycles. The van der Waals surface area contributed by atoms with Crippen LogP contribution >= 0.6 is 0 Å². The van der Waals surface area contributed by atoms with Crippen molar-refractivity contribution in [3.05, 3.63) is 24.3 Å². The van der Waals surface area contributed by atoms with Crippen molar-refractivity contribution in [1.82, 2.24) is 4.90 Å². The SMILES string of the molecule is CCOC(=O)C1CC(C)N(C(=O)CN(CC(C)C)CC(C)C)c2ccccc2N1. The molecule has 1 heterocycles. The van der Waals surface area contributed by atoms with Crippen molar-refractivity contribution in [1.29, 1.82) is 0 Å². The number of rotatable bonds is 8. The molecular weight excluding hydrogens is 366 g/mol. The number of amides is 1. The van der Waals surface area contributed by atoms with Crippen LogP contribution in [0.15, 0.2) is 24.3 Å². The molecule has 6 heteroatoms. The smallest absolute Gasteiger partial charge is 0.328 e. The van der Waals surface area contributed by atoms with Crippen molar-refractivity contribution in [2.45, 2.75) is 60.0 Å². The summed E-state index contributed by atoms with van der Waals surface area (Å²) in [6.45, 7) is 15.0. The van der Waals surface area contributed by atoms with Crippen LogP contribution in [0.25, 0.3) is 0 Å². The number of ether oxygens (including phenoxy) is 1. The molecule has 0 radical (unpaired) electrons. The van der Waals surface area contributed by atoms with Gasteiger partial charge in [-0.1, -0.05) is 39.8 Å². The Hall–Kier alpha value is -2.08. The number of fused-ring (bicyclic) bond motifs is 1. The highest BCUT2D eigenvalue weighted by Crippen LogP contribution is 2.33. The Morgan fingerprint density at radius 2 is 1.79 bits per heavy atom. The molecule has 0 spiro atoms. The van der Waals surface area contributed by atoms with Crippen molar-refractivity contribution < 1.29 is 14.3 Å². The summed E-state index contributed by atoms with van der Waals surface area (Å²) in [5.41, 5.74) is 1.62. The third-order valence-corrected chi connectivity index (χ3v) is 4.96. The maximum absolute atomic E-state index is 13.4. The fourth-order valence-corrected chi connectivity index (χ4v) is 4.02. The first-order valence-electron chi connectivity index (χ1n) is 10.8. The largest absolute Gasteiger partial charge is 0.464 e. The van der Waals surface area contributed by atoms with Gasteiger partial charge in [-0.25, -0.2) is 4.79 Å². The molecule has 0 fully saturated rings. The summed E-state index contributed by atoms with van der Waals surface area (Å²) < 4.78 is 5.23. The monoisotopic (exact) mass is 403 g/mol. The predicted octanol–water partition coefficient (Wildman–Crippen LogP) is 3.77. The number of anilines is 2. The van der Waals surface area contributed by atoms with Crippen molar-refractivity contribution in [3.63, 3.8) is 0 Å². The van der Waals surface area contributed by atoms with E-state index < -0.39 is 6.04 Å². The van der Waals surface area contributed by atoms with Crippen LogP contribution in [0.4, 0.5) is 11.4 Å². The molecule has 29 heavy (non-hydrogen) atoms. The molecule has 1 N–H and O–H groups in total. The number of carbonyl (C=O) groups excluding carboxylic acids is 2. The van der Waals surface area contributed by atoms with E-state index in [9.17, 15) is 9.59 Å². The molecule has 6 nitrogen and oxygen atoms in total. The molecule has 162 valence electrons. The van der Waals surface area contributed by atoms with E-state index in [1.165, 1.54) is 0 Å². The van der Waals surface area contributed by atoms with E-state index in [-0.39, 0.29) is 17.9 Å². The van der Waals surface area contributed by atoms with Gasteiger partial charge in [0.1, 0.15) is 6.04 Å². The lowest BCUT2D eigenvalue weighted by Gasteiger charge is -2.32. The Kier molecular flexibility index (Phi) is 8.50. The van der Waals surface area contributed by atoms with Crippen molar-refractivity contribution in [2.75, 3.05) is 36.5 Å². The van der Waals surface area contributed by atoms with Crippen molar-refractivity contribution >= 4 is 23.3 Å². The molecule has 1 aliphatic heterocycles. The van der Waals surface area contributed by atoms with Gasteiger partial charge in [-0.05, 0) is 44.2 Å². The van der Waals surface area contributed by atoms with Gasteiger partial charge in [-0.15, -0.1) is 0 Å². The molecule has 2 unspecified atom stereocenters. The highest BCUT2D eigenvalue weighted by Gasteiger charge is 2.34. The number of nitrogens with one attached hydrogen (secondary N) is 1. The number of benzene rings is 1. The fourth-order valence-electron chi connectivity index (χ4n) is 4.02. The summed E-state index contributed by atoms with van der Waals surface area (Å²) in [4.78, 5) is 29.9. The van der Waals surface area contributed by atoms with Gasteiger partial charge in [0.25, 0.3) is 0 Å². The predicted molar refractivity (Wildman–Crippen MR) is 118 cm³/mol. The normalized spacial score (nSPS) is 19.1. The first-order valence-corrected chi connectivity index (χ1v) is 10.8. The molecular formula is C23H37N3O3. The Morgan fingerprint density at radius 1 is 1.17 bits per heavy atom. The lowest BCUT2D eigenvalue weighted by Crippen LogP contribution is -2.47. The van der Waals surface area contributed by atoms with Gasteiger partial charge in [-0.3, -0.25) is 9.69 Å². The second-order valence-corrected chi connectivity index (χ2v) is 8.80. The fraction of sp³-hybridized carbons (Fsp3) is 0.652. The average Bonchev–Trinajstić information content (AvgIpc) is 2.76. The summed E-state index contributed by atoms with van der Waals surface area (Å²) in [7, 11) is 0. The Balaban J connectivity index is 2.28. The van der Waals surface area contributed by atoms with E-state index in [1.807, 2.05) is 36.1 Å². The average molecular weight is 404 g/mol. The molecule has 0 bridgehead atoms. The van der Waals surface area contributed by atoms with Crippen LogP contribution in [-0.2, 0) is 14.3 Å².